The fraction of sp³-hybridized carbons (Fsp3) is 0.720. The second-order valence-corrected chi connectivity index (χ2v) is 9.38. The van der Waals surface area contributed by atoms with Gasteiger partial charge in [-0.25, -0.2) is 0 Å². The highest BCUT2D eigenvalue weighted by molar-refractivity contribution is 5.78. The first kappa shape index (κ1) is 21.6. The molecule has 0 radical (unpaired) electrons. The molecular formula is C25H38N2O3. The molecule has 1 aromatic carbocycles. The molecule has 2 heterocycles. The van der Waals surface area contributed by atoms with E-state index < -0.39 is 0 Å². The molecule has 5 nitrogen and oxygen atoms in total. The van der Waals surface area contributed by atoms with Crippen molar-refractivity contribution in [1.82, 2.24) is 9.80 Å². The van der Waals surface area contributed by atoms with Gasteiger partial charge in [0, 0.05) is 25.7 Å². The number of benzene rings is 1. The summed E-state index contributed by atoms with van der Waals surface area (Å²) in [4.78, 5) is 18.1. The van der Waals surface area contributed by atoms with E-state index in [0.717, 1.165) is 49.9 Å². The molecule has 1 aromatic rings. The number of likely N-dealkylation sites (tertiary alicyclic amines) is 1. The highest BCUT2D eigenvalue weighted by Crippen LogP contribution is 2.28. The Morgan fingerprint density at radius 1 is 1.03 bits per heavy atom. The number of nitrogens with zero attached hydrogens (tertiary/aromatic N) is 2. The van der Waals surface area contributed by atoms with Crippen molar-refractivity contribution in [3.8, 4) is 5.75 Å². The normalized spacial score (nSPS) is 23.7. The molecule has 0 spiro atoms. The molecule has 0 N–H and O–H groups in total. The molecule has 0 aromatic heterocycles. The number of carbonyl (C=O) groups excluding carboxylic acids is 1. The molecule has 0 unspecified atom stereocenters. The number of piperidine rings is 1. The predicted octanol–water partition coefficient (Wildman–Crippen LogP) is 3.90. The lowest BCUT2D eigenvalue weighted by Gasteiger charge is -2.38. The van der Waals surface area contributed by atoms with Crippen LogP contribution in [0.3, 0.4) is 0 Å². The maximum atomic E-state index is 13.2. The van der Waals surface area contributed by atoms with Crippen molar-refractivity contribution >= 4 is 5.91 Å². The number of amides is 1. The molecule has 5 heteroatoms. The third kappa shape index (κ3) is 5.76. The average Bonchev–Trinajstić information content (AvgIpc) is 3.49. The maximum Gasteiger partial charge on any atom is 0.227 e. The van der Waals surface area contributed by atoms with Crippen molar-refractivity contribution in [2.45, 2.75) is 69.9 Å². The lowest BCUT2D eigenvalue weighted by Crippen LogP contribution is -2.45. The summed E-state index contributed by atoms with van der Waals surface area (Å²) in [6.45, 7) is 4.88. The van der Waals surface area contributed by atoms with Gasteiger partial charge in [-0.2, -0.15) is 0 Å². The van der Waals surface area contributed by atoms with Gasteiger partial charge in [-0.3, -0.25) is 4.79 Å². The summed E-state index contributed by atoms with van der Waals surface area (Å²) in [5, 5.41) is 0. The Morgan fingerprint density at radius 3 is 2.40 bits per heavy atom. The van der Waals surface area contributed by atoms with Gasteiger partial charge >= 0.3 is 0 Å². The zero-order valence-corrected chi connectivity index (χ0v) is 18.6. The van der Waals surface area contributed by atoms with Gasteiger partial charge in [-0.1, -0.05) is 25.0 Å². The summed E-state index contributed by atoms with van der Waals surface area (Å²) < 4.78 is 11.1. The molecule has 1 aliphatic carbocycles. The van der Waals surface area contributed by atoms with Crippen molar-refractivity contribution in [2.24, 2.45) is 5.92 Å². The van der Waals surface area contributed by atoms with E-state index >= 15 is 0 Å². The minimum atomic E-state index is 0.211. The highest BCUT2D eigenvalue weighted by atomic mass is 16.5. The van der Waals surface area contributed by atoms with Gasteiger partial charge < -0.3 is 19.3 Å². The first-order chi connectivity index (χ1) is 14.7. The van der Waals surface area contributed by atoms with Crippen molar-refractivity contribution in [1.29, 1.82) is 0 Å². The topological polar surface area (TPSA) is 42.0 Å². The van der Waals surface area contributed by atoms with Gasteiger partial charge in [0.1, 0.15) is 5.75 Å². The number of hydrogen-bond donors (Lipinski definition) is 0. The highest BCUT2D eigenvalue weighted by Gasteiger charge is 2.30. The Balaban J connectivity index is 1.33. The van der Waals surface area contributed by atoms with Crippen LogP contribution in [-0.2, 0) is 16.0 Å². The minimum absolute atomic E-state index is 0.211. The Kier molecular flexibility index (Phi) is 7.67. The Labute approximate surface area is 181 Å². The molecule has 30 heavy (non-hydrogen) atoms. The Bertz CT molecular complexity index is 657. The van der Waals surface area contributed by atoms with Gasteiger partial charge in [-0.15, -0.1) is 0 Å². The van der Waals surface area contributed by atoms with Crippen molar-refractivity contribution < 1.29 is 14.3 Å². The van der Waals surface area contributed by atoms with Crippen LogP contribution in [0, 0.1) is 5.92 Å². The maximum absolute atomic E-state index is 13.2. The third-order valence-electron chi connectivity index (χ3n) is 7.28. The van der Waals surface area contributed by atoms with Gasteiger partial charge in [0.05, 0.1) is 19.6 Å². The molecule has 2 saturated heterocycles. The molecule has 1 saturated carbocycles. The van der Waals surface area contributed by atoms with Crippen LogP contribution in [0.5, 0.6) is 5.75 Å². The monoisotopic (exact) mass is 414 g/mol. The van der Waals surface area contributed by atoms with E-state index in [1.165, 1.54) is 51.6 Å². The van der Waals surface area contributed by atoms with Crippen LogP contribution in [0.4, 0.5) is 0 Å². The summed E-state index contributed by atoms with van der Waals surface area (Å²) in [6.07, 6.45) is 10.9. The summed E-state index contributed by atoms with van der Waals surface area (Å²) in [5.74, 6) is 1.68. The van der Waals surface area contributed by atoms with Gasteiger partial charge in [-0.05, 0) is 75.2 Å². The molecule has 4 rings (SSSR count). The van der Waals surface area contributed by atoms with E-state index in [4.69, 9.17) is 9.47 Å². The van der Waals surface area contributed by atoms with Crippen LogP contribution in [0.15, 0.2) is 24.3 Å². The van der Waals surface area contributed by atoms with Crippen LogP contribution < -0.4 is 4.74 Å². The second-order valence-electron chi connectivity index (χ2n) is 9.38. The molecule has 3 aliphatic rings. The van der Waals surface area contributed by atoms with Crippen LogP contribution in [0.1, 0.15) is 56.9 Å². The summed E-state index contributed by atoms with van der Waals surface area (Å²) in [7, 11) is 1.67. The number of carbonyl (C=O) groups is 1. The zero-order valence-electron chi connectivity index (χ0n) is 18.6. The molecular weight excluding hydrogens is 376 g/mol. The second kappa shape index (κ2) is 10.6. The fourth-order valence-electron chi connectivity index (χ4n) is 5.42. The zero-order chi connectivity index (χ0) is 20.8. The number of ether oxygens (including phenoxy) is 2. The van der Waals surface area contributed by atoms with E-state index in [-0.39, 0.29) is 12.0 Å². The molecule has 1 amide bonds. The largest absolute Gasteiger partial charge is 0.497 e. The Morgan fingerprint density at radius 2 is 1.77 bits per heavy atom. The smallest absolute Gasteiger partial charge is 0.227 e. The predicted molar refractivity (Wildman–Crippen MR) is 119 cm³/mol. The first-order valence-corrected chi connectivity index (χ1v) is 12.0. The lowest BCUT2D eigenvalue weighted by atomic mass is 9.94. The Hall–Kier alpha value is -1.59. The van der Waals surface area contributed by atoms with Crippen molar-refractivity contribution in [2.75, 3.05) is 39.9 Å². The van der Waals surface area contributed by atoms with E-state index in [2.05, 4.69) is 9.80 Å². The van der Waals surface area contributed by atoms with Gasteiger partial charge in [0.25, 0.3) is 0 Å². The first-order valence-electron chi connectivity index (χ1n) is 12.0. The van der Waals surface area contributed by atoms with E-state index in [0.29, 0.717) is 12.3 Å². The minimum Gasteiger partial charge on any atom is -0.497 e. The number of rotatable bonds is 8. The van der Waals surface area contributed by atoms with E-state index in [9.17, 15) is 4.79 Å². The molecule has 2 aliphatic heterocycles. The molecule has 0 bridgehead atoms. The van der Waals surface area contributed by atoms with Crippen LogP contribution >= 0.6 is 0 Å². The average molecular weight is 415 g/mol. The SMILES string of the molecule is COc1ccc(CC(=O)N(CC2CCN(C3CCCC3)CC2)C[C@H]2CCCO2)cc1. The fourth-order valence-corrected chi connectivity index (χ4v) is 5.42. The number of hydrogen-bond acceptors (Lipinski definition) is 4. The standard InChI is InChI=1S/C25H38N2O3/c1-29-23-10-8-20(9-11-23)17-25(28)27(19-24-7-4-16-30-24)18-21-12-14-26(15-13-21)22-5-2-3-6-22/h8-11,21-22,24H,2-7,12-19H2,1H3/t24-/m1/s1. The molecule has 3 fully saturated rings. The van der Waals surface area contributed by atoms with Crippen molar-refractivity contribution in [3.63, 3.8) is 0 Å². The molecule has 166 valence electrons. The summed E-state index contributed by atoms with van der Waals surface area (Å²) in [6, 6.07) is 8.70. The van der Waals surface area contributed by atoms with Crippen LogP contribution in [-0.4, -0.2) is 67.7 Å². The van der Waals surface area contributed by atoms with Gasteiger partial charge in [0.2, 0.25) is 5.91 Å². The van der Waals surface area contributed by atoms with Crippen LogP contribution in [0.25, 0.3) is 0 Å². The quantitative estimate of drug-likeness (QED) is 0.647. The van der Waals surface area contributed by atoms with Crippen molar-refractivity contribution in [3.05, 3.63) is 29.8 Å². The van der Waals surface area contributed by atoms with E-state index in [1.807, 2.05) is 24.3 Å². The summed E-state index contributed by atoms with van der Waals surface area (Å²) in [5.41, 5.74) is 1.05. The van der Waals surface area contributed by atoms with E-state index in [1.54, 1.807) is 7.11 Å². The number of methoxy groups -OCH3 is 1. The van der Waals surface area contributed by atoms with Crippen LogP contribution in [0.2, 0.25) is 0 Å². The van der Waals surface area contributed by atoms with Gasteiger partial charge in [0.15, 0.2) is 0 Å². The molecule has 1 atom stereocenters. The lowest BCUT2D eigenvalue weighted by molar-refractivity contribution is -0.133. The third-order valence-corrected chi connectivity index (χ3v) is 7.28. The summed E-state index contributed by atoms with van der Waals surface area (Å²) >= 11 is 0.